The Bertz CT molecular complexity index is 1300. The third-order valence-electron chi connectivity index (χ3n) is 8.24. The molecule has 11 heteroatoms. The predicted octanol–water partition coefficient (Wildman–Crippen LogP) is 6.07. The summed E-state index contributed by atoms with van der Waals surface area (Å²) in [6, 6.07) is 2.85. The summed E-state index contributed by atoms with van der Waals surface area (Å²) in [6.45, 7) is 15.3. The first-order valence-electron chi connectivity index (χ1n) is 15.5. The Hall–Kier alpha value is -2.18. The Kier molecular flexibility index (Phi) is 11.2. The molecule has 1 N–H and O–H groups in total. The highest BCUT2D eigenvalue weighted by molar-refractivity contribution is 7.99. The van der Waals surface area contributed by atoms with Crippen LogP contribution >= 0.6 is 23.3 Å². The van der Waals surface area contributed by atoms with Gasteiger partial charge < -0.3 is 24.0 Å². The van der Waals surface area contributed by atoms with Crippen molar-refractivity contribution in [2.45, 2.75) is 65.5 Å². The maximum Gasteiger partial charge on any atom is 0.237 e. The number of nitrogens with zero attached hydrogens (tertiary/aromatic N) is 6. The number of anilines is 2. The number of ether oxygens (including phenoxy) is 2. The van der Waals surface area contributed by atoms with Crippen molar-refractivity contribution in [2.75, 3.05) is 75.5 Å². The van der Waals surface area contributed by atoms with Crippen LogP contribution < -0.4 is 14.4 Å². The van der Waals surface area contributed by atoms with E-state index in [-0.39, 0.29) is 0 Å². The average Bonchev–Trinajstić information content (AvgIpc) is 3.67. The fraction of sp³-hybridized carbons (Fsp3) is 0.645. The number of methoxy groups -OCH3 is 1. The third kappa shape index (κ3) is 7.13. The lowest BCUT2D eigenvalue weighted by Gasteiger charge is -2.36. The zero-order valence-corrected chi connectivity index (χ0v) is 27.6. The molecule has 3 saturated heterocycles. The smallest absolute Gasteiger partial charge is 0.237 e. The minimum atomic E-state index is 0.576. The van der Waals surface area contributed by atoms with E-state index < -0.39 is 0 Å². The maximum absolute atomic E-state index is 5.63. The number of aromatic nitrogens is 3. The molecule has 3 aliphatic rings. The molecule has 0 amide bonds. The van der Waals surface area contributed by atoms with Crippen LogP contribution in [0.25, 0.3) is 21.5 Å². The van der Waals surface area contributed by atoms with Crippen molar-refractivity contribution in [3.8, 4) is 17.1 Å². The molecule has 230 valence electrons. The van der Waals surface area contributed by atoms with Gasteiger partial charge in [-0.3, -0.25) is 4.90 Å². The van der Waals surface area contributed by atoms with E-state index in [4.69, 9.17) is 19.4 Å². The van der Waals surface area contributed by atoms with Gasteiger partial charge in [-0.2, -0.15) is 0 Å². The molecule has 0 unspecified atom stereocenters. The highest BCUT2D eigenvalue weighted by atomic mass is 32.2. The minimum Gasteiger partial charge on any atom is -0.480 e. The number of aryl methyl sites for hydroxylation is 1. The third-order valence-corrected chi connectivity index (χ3v) is 9.81. The normalized spacial score (nSPS) is 18.7. The largest absolute Gasteiger partial charge is 0.480 e. The number of hydrogen-bond acceptors (Lipinski definition) is 11. The summed E-state index contributed by atoms with van der Waals surface area (Å²) in [4.78, 5) is 23.9. The fourth-order valence-corrected chi connectivity index (χ4v) is 7.59. The summed E-state index contributed by atoms with van der Waals surface area (Å²) in [5, 5.41) is 0. The van der Waals surface area contributed by atoms with E-state index in [0.717, 1.165) is 71.9 Å². The molecular weight excluding hydrogens is 567 g/mol. The van der Waals surface area contributed by atoms with Crippen molar-refractivity contribution >= 4 is 45.1 Å². The minimum absolute atomic E-state index is 0.576. The van der Waals surface area contributed by atoms with Gasteiger partial charge in [-0.1, -0.05) is 32.2 Å². The first kappa shape index (κ1) is 31.3. The van der Waals surface area contributed by atoms with Gasteiger partial charge in [-0.25, -0.2) is 15.0 Å². The van der Waals surface area contributed by atoms with Gasteiger partial charge in [-0.05, 0) is 64.9 Å². The lowest BCUT2D eigenvalue weighted by atomic mass is 10.0. The van der Waals surface area contributed by atoms with Gasteiger partial charge in [0.1, 0.15) is 5.69 Å². The molecule has 3 aromatic heterocycles. The number of rotatable bonds is 8. The SMILES string of the molecule is CCC.COc1ncc(-c2nc(N3CCOCC3)nc3c(CN4CCC(N5CCCC5)CC4)c(C)sc23)cc1NSC. The summed E-state index contributed by atoms with van der Waals surface area (Å²) in [5.41, 5.74) is 5.18. The van der Waals surface area contributed by atoms with Crippen molar-refractivity contribution in [1.82, 2.24) is 24.8 Å². The van der Waals surface area contributed by atoms with Crippen molar-refractivity contribution < 1.29 is 9.47 Å². The maximum atomic E-state index is 5.63. The highest BCUT2D eigenvalue weighted by Crippen LogP contribution is 2.40. The van der Waals surface area contributed by atoms with Gasteiger partial charge in [0.15, 0.2) is 0 Å². The summed E-state index contributed by atoms with van der Waals surface area (Å²) in [5.74, 6) is 1.36. The van der Waals surface area contributed by atoms with Crippen LogP contribution in [0.15, 0.2) is 12.3 Å². The van der Waals surface area contributed by atoms with Crippen molar-refractivity contribution in [1.29, 1.82) is 0 Å². The molecule has 0 bridgehead atoms. The molecule has 0 saturated carbocycles. The molecule has 6 rings (SSSR count). The number of likely N-dealkylation sites (tertiary alicyclic amines) is 2. The summed E-state index contributed by atoms with van der Waals surface area (Å²) < 4.78 is 15.6. The molecule has 0 atom stereocenters. The molecule has 9 nitrogen and oxygen atoms in total. The zero-order valence-electron chi connectivity index (χ0n) is 25.9. The Morgan fingerprint density at radius 2 is 1.79 bits per heavy atom. The van der Waals surface area contributed by atoms with Crippen LogP contribution in [-0.4, -0.2) is 96.6 Å². The Morgan fingerprint density at radius 3 is 2.45 bits per heavy atom. The van der Waals surface area contributed by atoms with E-state index in [1.807, 2.05) is 12.5 Å². The van der Waals surface area contributed by atoms with E-state index in [9.17, 15) is 0 Å². The van der Waals surface area contributed by atoms with Crippen LogP contribution in [0.5, 0.6) is 5.88 Å². The van der Waals surface area contributed by atoms with Crippen molar-refractivity contribution in [3.05, 3.63) is 22.7 Å². The fourth-order valence-electron chi connectivity index (χ4n) is 6.11. The van der Waals surface area contributed by atoms with Gasteiger partial charge in [0.05, 0.1) is 36.2 Å². The Labute approximate surface area is 259 Å². The number of morpholine rings is 1. The number of piperidine rings is 1. The van der Waals surface area contributed by atoms with E-state index in [1.54, 1.807) is 18.4 Å². The van der Waals surface area contributed by atoms with Crippen molar-refractivity contribution in [2.24, 2.45) is 0 Å². The molecule has 0 aliphatic carbocycles. The molecular formula is C31H47N7O2S2. The Morgan fingerprint density at radius 1 is 1.07 bits per heavy atom. The topological polar surface area (TPSA) is 78.9 Å². The van der Waals surface area contributed by atoms with E-state index in [0.29, 0.717) is 19.1 Å². The van der Waals surface area contributed by atoms with E-state index in [2.05, 4.69) is 51.2 Å². The highest BCUT2D eigenvalue weighted by Gasteiger charge is 2.28. The van der Waals surface area contributed by atoms with Crippen LogP contribution in [0, 0.1) is 6.92 Å². The second kappa shape index (κ2) is 15.0. The van der Waals surface area contributed by atoms with Gasteiger partial charge in [0.2, 0.25) is 11.8 Å². The van der Waals surface area contributed by atoms with E-state index >= 15 is 0 Å². The number of nitrogens with one attached hydrogen (secondary N) is 1. The van der Waals surface area contributed by atoms with Gasteiger partial charge in [0, 0.05) is 54.1 Å². The quantitative estimate of drug-likeness (QED) is 0.302. The summed E-state index contributed by atoms with van der Waals surface area (Å²) >= 11 is 3.33. The van der Waals surface area contributed by atoms with E-state index in [1.165, 1.54) is 67.6 Å². The molecule has 3 aliphatic heterocycles. The van der Waals surface area contributed by atoms with Gasteiger partial charge >= 0.3 is 0 Å². The predicted molar refractivity (Wildman–Crippen MR) is 177 cm³/mol. The van der Waals surface area contributed by atoms with Gasteiger partial charge in [-0.15, -0.1) is 11.3 Å². The number of hydrogen-bond donors (Lipinski definition) is 1. The molecule has 3 fully saturated rings. The van der Waals surface area contributed by atoms with Crippen LogP contribution in [-0.2, 0) is 11.3 Å². The van der Waals surface area contributed by atoms with Crippen LogP contribution in [0.3, 0.4) is 0 Å². The lowest BCUT2D eigenvalue weighted by Crippen LogP contribution is -2.43. The second-order valence-electron chi connectivity index (χ2n) is 11.3. The first-order valence-corrected chi connectivity index (χ1v) is 17.5. The standard InChI is InChI=1S/C28H39N7O2S2.C3H8/c1-19-22(18-33-10-6-21(7-11-33)34-8-4-5-9-34)25-26(39-19)24(30-28(31-25)35-12-14-37-15-13-35)20-16-23(32-38-3)27(36-2)29-17-20;1-3-2/h16-17,21,32H,4-15,18H2,1-3H3;3H2,1-2H3. The lowest BCUT2D eigenvalue weighted by molar-refractivity contribution is 0.122. The number of pyridine rings is 1. The Balaban J connectivity index is 0.00000113. The molecule has 0 spiro atoms. The first-order chi connectivity index (χ1) is 20.6. The summed E-state index contributed by atoms with van der Waals surface area (Å²) in [7, 11) is 1.65. The molecule has 6 heterocycles. The molecule has 42 heavy (non-hydrogen) atoms. The van der Waals surface area contributed by atoms with Crippen LogP contribution in [0.1, 0.15) is 56.4 Å². The second-order valence-corrected chi connectivity index (χ2v) is 13.2. The summed E-state index contributed by atoms with van der Waals surface area (Å²) in [6.07, 6.45) is 10.4. The molecule has 0 aromatic carbocycles. The van der Waals surface area contributed by atoms with Crippen molar-refractivity contribution in [3.63, 3.8) is 0 Å². The molecule has 3 aromatic rings. The average molecular weight is 614 g/mol. The number of fused-ring (bicyclic) bond motifs is 1. The van der Waals surface area contributed by atoms with Crippen LogP contribution in [0.4, 0.5) is 11.6 Å². The monoisotopic (exact) mass is 613 g/mol. The zero-order chi connectivity index (χ0) is 29.5. The number of thiophene rings is 1. The van der Waals surface area contributed by atoms with Gasteiger partial charge in [0.25, 0.3) is 0 Å². The molecule has 0 radical (unpaired) electrons. The van der Waals surface area contributed by atoms with Crippen LogP contribution in [0.2, 0.25) is 0 Å².